The van der Waals surface area contributed by atoms with Crippen LogP contribution in [-0.4, -0.2) is 33.2 Å². The Bertz CT molecular complexity index is 563. The Kier molecular flexibility index (Phi) is 6.41. The highest BCUT2D eigenvalue weighted by atomic mass is 79.9. The molecule has 1 aromatic rings. The van der Waals surface area contributed by atoms with Crippen molar-refractivity contribution in [3.63, 3.8) is 0 Å². The molecule has 0 aromatic carbocycles. The molecule has 1 rings (SSSR count). The fourth-order valence-electron chi connectivity index (χ4n) is 1.16. The van der Waals surface area contributed by atoms with Crippen molar-refractivity contribution in [1.82, 2.24) is 9.71 Å². The first kappa shape index (κ1) is 16.6. The van der Waals surface area contributed by atoms with E-state index in [1.54, 1.807) is 0 Å². The summed E-state index contributed by atoms with van der Waals surface area (Å²) in [5.74, 6) is 0. The van der Waals surface area contributed by atoms with E-state index in [1.807, 2.05) is 6.92 Å². The minimum Gasteiger partial charge on any atom is -0.376 e. The monoisotopic (exact) mass is 368 g/mol. The van der Waals surface area contributed by atoms with Gasteiger partial charge in [-0.25, -0.2) is 18.1 Å². The molecule has 0 atom stereocenters. The van der Waals surface area contributed by atoms with Crippen LogP contribution in [0.25, 0.3) is 0 Å². The van der Waals surface area contributed by atoms with Gasteiger partial charge in [0.25, 0.3) is 0 Å². The zero-order valence-electron chi connectivity index (χ0n) is 10.3. The van der Waals surface area contributed by atoms with E-state index < -0.39 is 10.0 Å². The van der Waals surface area contributed by atoms with Crippen LogP contribution in [0.4, 0.5) is 0 Å². The van der Waals surface area contributed by atoms with Crippen molar-refractivity contribution >= 4 is 37.6 Å². The first-order valence-electron chi connectivity index (χ1n) is 5.36. The number of rotatable bonds is 7. The van der Waals surface area contributed by atoms with Crippen molar-refractivity contribution in [1.29, 1.82) is 0 Å². The molecule has 0 aliphatic rings. The Labute approximate surface area is 126 Å². The smallest absolute Gasteiger partial charge is 0.243 e. The van der Waals surface area contributed by atoms with E-state index >= 15 is 0 Å². The molecule has 8 heteroatoms. The van der Waals surface area contributed by atoms with Crippen molar-refractivity contribution in [2.24, 2.45) is 0 Å². The minimum absolute atomic E-state index is 0.0663. The van der Waals surface area contributed by atoms with E-state index in [0.717, 1.165) is 5.57 Å². The van der Waals surface area contributed by atoms with Crippen LogP contribution in [-0.2, 0) is 14.8 Å². The van der Waals surface area contributed by atoms with Crippen molar-refractivity contribution in [3.05, 3.63) is 34.0 Å². The summed E-state index contributed by atoms with van der Waals surface area (Å²) < 4.78 is 32.1. The third kappa shape index (κ3) is 5.58. The van der Waals surface area contributed by atoms with E-state index in [0.29, 0.717) is 11.1 Å². The fraction of sp³-hybridized carbons (Fsp3) is 0.364. The summed E-state index contributed by atoms with van der Waals surface area (Å²) in [6, 6.07) is 1.40. The number of nitrogens with one attached hydrogen (secondary N) is 1. The molecule has 106 valence electrons. The zero-order chi connectivity index (χ0) is 14.5. The molecule has 0 spiro atoms. The van der Waals surface area contributed by atoms with Gasteiger partial charge in [-0.2, -0.15) is 0 Å². The molecule has 0 aliphatic heterocycles. The number of ether oxygens (including phenoxy) is 1. The average molecular weight is 370 g/mol. The van der Waals surface area contributed by atoms with Crippen LogP contribution >= 0.6 is 27.5 Å². The maximum atomic E-state index is 12.0. The van der Waals surface area contributed by atoms with Crippen LogP contribution < -0.4 is 4.72 Å². The van der Waals surface area contributed by atoms with Gasteiger partial charge in [0.15, 0.2) is 0 Å². The summed E-state index contributed by atoms with van der Waals surface area (Å²) in [4.78, 5) is 3.70. The summed E-state index contributed by atoms with van der Waals surface area (Å²) in [5, 5.41) is -0.0708. The first-order valence-corrected chi connectivity index (χ1v) is 8.01. The van der Waals surface area contributed by atoms with Crippen LogP contribution in [0.2, 0.25) is 5.15 Å². The zero-order valence-corrected chi connectivity index (χ0v) is 13.5. The number of pyridine rings is 1. The molecule has 1 aromatic heterocycles. The number of nitrogens with zero attached hydrogens (tertiary/aromatic N) is 1. The predicted molar refractivity (Wildman–Crippen MR) is 77.8 cm³/mol. The lowest BCUT2D eigenvalue weighted by Crippen LogP contribution is -2.28. The quantitative estimate of drug-likeness (QED) is 0.455. The number of halogens is 2. The van der Waals surface area contributed by atoms with Crippen LogP contribution in [0.15, 0.2) is 33.8 Å². The largest absolute Gasteiger partial charge is 0.376 e. The van der Waals surface area contributed by atoms with Crippen LogP contribution in [0, 0.1) is 0 Å². The standard InChI is InChI=1S/C11H14BrClN2O3S/c1-8(2)7-18-4-3-15-19(16,17)10-5-9(12)6-14-11(10)13/h5-6,15H,1,3-4,7H2,2H3. The van der Waals surface area contributed by atoms with Crippen LogP contribution in [0.1, 0.15) is 6.92 Å². The highest BCUT2D eigenvalue weighted by Gasteiger charge is 2.18. The molecule has 0 bridgehead atoms. The fourth-order valence-corrected chi connectivity index (χ4v) is 3.12. The Morgan fingerprint density at radius 2 is 2.32 bits per heavy atom. The highest BCUT2D eigenvalue weighted by Crippen LogP contribution is 2.22. The van der Waals surface area contributed by atoms with Crippen molar-refractivity contribution in [3.8, 4) is 0 Å². The van der Waals surface area contributed by atoms with Gasteiger partial charge in [0.2, 0.25) is 10.0 Å². The van der Waals surface area contributed by atoms with Gasteiger partial charge in [0, 0.05) is 17.2 Å². The molecule has 0 fully saturated rings. The summed E-state index contributed by atoms with van der Waals surface area (Å²) in [6.07, 6.45) is 1.43. The van der Waals surface area contributed by atoms with E-state index in [9.17, 15) is 8.42 Å². The molecular weight excluding hydrogens is 356 g/mol. The lowest BCUT2D eigenvalue weighted by Gasteiger charge is -2.08. The molecule has 0 saturated heterocycles. The van der Waals surface area contributed by atoms with Gasteiger partial charge in [-0.3, -0.25) is 0 Å². The third-order valence-corrected chi connectivity index (χ3v) is 4.27. The van der Waals surface area contributed by atoms with Crippen molar-refractivity contribution < 1.29 is 13.2 Å². The number of hydrogen-bond acceptors (Lipinski definition) is 4. The summed E-state index contributed by atoms with van der Waals surface area (Å²) in [6.45, 7) is 6.32. The lowest BCUT2D eigenvalue weighted by atomic mass is 10.4. The van der Waals surface area contributed by atoms with Crippen LogP contribution in [0.5, 0.6) is 0 Å². The molecule has 1 N–H and O–H groups in total. The van der Waals surface area contributed by atoms with Crippen molar-refractivity contribution in [2.75, 3.05) is 19.8 Å². The minimum atomic E-state index is -3.69. The van der Waals surface area contributed by atoms with Gasteiger partial charge in [-0.1, -0.05) is 23.8 Å². The van der Waals surface area contributed by atoms with E-state index in [-0.39, 0.29) is 23.2 Å². The average Bonchev–Trinajstić information content (AvgIpc) is 2.31. The number of hydrogen-bond donors (Lipinski definition) is 1. The van der Waals surface area contributed by atoms with Gasteiger partial charge in [0.1, 0.15) is 10.0 Å². The summed E-state index contributed by atoms with van der Waals surface area (Å²) in [5.41, 5.74) is 0.877. The molecule has 19 heavy (non-hydrogen) atoms. The van der Waals surface area contributed by atoms with Crippen LogP contribution in [0.3, 0.4) is 0 Å². The summed E-state index contributed by atoms with van der Waals surface area (Å²) >= 11 is 8.92. The molecule has 0 aliphatic carbocycles. The number of aromatic nitrogens is 1. The van der Waals surface area contributed by atoms with E-state index in [4.69, 9.17) is 16.3 Å². The van der Waals surface area contributed by atoms with Crippen molar-refractivity contribution in [2.45, 2.75) is 11.8 Å². The van der Waals surface area contributed by atoms with Gasteiger partial charge in [0.05, 0.1) is 13.2 Å². The number of sulfonamides is 1. The summed E-state index contributed by atoms with van der Waals surface area (Å²) in [7, 11) is -3.69. The molecule has 0 saturated carbocycles. The Hall–Kier alpha value is -0.470. The second kappa shape index (κ2) is 7.35. The van der Waals surface area contributed by atoms with Gasteiger partial charge >= 0.3 is 0 Å². The van der Waals surface area contributed by atoms with E-state index in [1.165, 1.54) is 12.3 Å². The highest BCUT2D eigenvalue weighted by molar-refractivity contribution is 9.10. The second-order valence-corrected chi connectivity index (χ2v) is 6.86. The molecule has 0 unspecified atom stereocenters. The second-order valence-electron chi connectivity index (χ2n) is 3.85. The molecule has 0 radical (unpaired) electrons. The Morgan fingerprint density at radius 1 is 1.63 bits per heavy atom. The topological polar surface area (TPSA) is 68.3 Å². The molecule has 0 amide bonds. The van der Waals surface area contributed by atoms with Gasteiger partial charge in [-0.05, 0) is 28.9 Å². The SMILES string of the molecule is C=C(C)COCCNS(=O)(=O)c1cc(Br)cnc1Cl. The Balaban J connectivity index is 2.61. The maximum Gasteiger partial charge on any atom is 0.243 e. The third-order valence-electron chi connectivity index (χ3n) is 1.95. The lowest BCUT2D eigenvalue weighted by molar-refractivity contribution is 0.162. The molecular formula is C11H14BrClN2O3S. The van der Waals surface area contributed by atoms with Gasteiger partial charge < -0.3 is 4.74 Å². The van der Waals surface area contributed by atoms with Gasteiger partial charge in [-0.15, -0.1) is 0 Å². The first-order chi connectivity index (χ1) is 8.83. The normalized spacial score (nSPS) is 11.5. The molecule has 1 heterocycles. The predicted octanol–water partition coefficient (Wildman–Crippen LogP) is 2.37. The van der Waals surface area contributed by atoms with E-state index in [2.05, 4.69) is 32.2 Å². The Morgan fingerprint density at radius 3 is 2.95 bits per heavy atom. The molecule has 5 nitrogen and oxygen atoms in total. The maximum absolute atomic E-state index is 12.0.